The van der Waals surface area contributed by atoms with Gasteiger partial charge in [-0.2, -0.15) is 0 Å². The van der Waals surface area contributed by atoms with Gasteiger partial charge in [-0.15, -0.1) is 0 Å². The molecular formula is C10H13NO3. The number of aromatic hydroxyl groups is 1. The van der Waals surface area contributed by atoms with Crippen molar-refractivity contribution in [1.82, 2.24) is 5.32 Å². The molecule has 0 spiro atoms. The number of benzene rings is 1. The topological polar surface area (TPSA) is 69.6 Å². The Kier molecular flexibility index (Phi) is 3.48. The van der Waals surface area contributed by atoms with Crippen LogP contribution in [0.15, 0.2) is 24.3 Å². The smallest absolute Gasteiger partial charge is 0.255 e. The first-order valence-corrected chi connectivity index (χ1v) is 4.35. The molecule has 76 valence electrons. The SMILES string of the molecule is CC(O)CNC(=O)c1ccccc1O. The summed E-state index contributed by atoms with van der Waals surface area (Å²) in [7, 11) is 0. The molecule has 0 heterocycles. The van der Waals surface area contributed by atoms with Gasteiger partial charge in [0.05, 0.1) is 11.7 Å². The lowest BCUT2D eigenvalue weighted by Gasteiger charge is -2.07. The van der Waals surface area contributed by atoms with Gasteiger partial charge in [0.25, 0.3) is 5.91 Å². The normalized spacial score (nSPS) is 12.1. The van der Waals surface area contributed by atoms with Crippen molar-refractivity contribution in [3.8, 4) is 5.75 Å². The zero-order chi connectivity index (χ0) is 10.6. The van der Waals surface area contributed by atoms with Gasteiger partial charge in [-0.3, -0.25) is 4.79 Å². The maximum Gasteiger partial charge on any atom is 0.255 e. The van der Waals surface area contributed by atoms with E-state index in [4.69, 9.17) is 5.11 Å². The molecule has 14 heavy (non-hydrogen) atoms. The van der Waals surface area contributed by atoms with Crippen LogP contribution in [0.25, 0.3) is 0 Å². The van der Waals surface area contributed by atoms with Gasteiger partial charge in [0.1, 0.15) is 5.75 Å². The van der Waals surface area contributed by atoms with Crippen LogP contribution < -0.4 is 5.32 Å². The van der Waals surface area contributed by atoms with Crippen LogP contribution in [0.5, 0.6) is 5.75 Å². The number of phenolic OH excluding ortho intramolecular Hbond substituents is 1. The minimum absolute atomic E-state index is 0.0596. The first kappa shape index (κ1) is 10.5. The van der Waals surface area contributed by atoms with Crippen molar-refractivity contribution in [2.45, 2.75) is 13.0 Å². The molecule has 3 N–H and O–H groups in total. The lowest BCUT2D eigenvalue weighted by atomic mass is 10.2. The lowest BCUT2D eigenvalue weighted by molar-refractivity contribution is 0.0921. The molecule has 4 nitrogen and oxygen atoms in total. The number of carbonyl (C=O) groups is 1. The van der Waals surface area contributed by atoms with Crippen LogP contribution in [-0.2, 0) is 0 Å². The number of amides is 1. The zero-order valence-corrected chi connectivity index (χ0v) is 7.90. The van der Waals surface area contributed by atoms with Crippen molar-refractivity contribution in [3.05, 3.63) is 29.8 Å². The van der Waals surface area contributed by atoms with Crippen molar-refractivity contribution in [2.24, 2.45) is 0 Å². The van der Waals surface area contributed by atoms with Crippen LogP contribution in [-0.4, -0.2) is 28.8 Å². The summed E-state index contributed by atoms with van der Waals surface area (Å²) in [6.45, 7) is 1.75. The number of aliphatic hydroxyl groups excluding tert-OH is 1. The number of aliphatic hydroxyl groups is 1. The predicted molar refractivity (Wildman–Crippen MR) is 52.1 cm³/mol. The quantitative estimate of drug-likeness (QED) is 0.658. The first-order valence-electron chi connectivity index (χ1n) is 4.35. The molecule has 0 aliphatic heterocycles. The highest BCUT2D eigenvalue weighted by Gasteiger charge is 2.09. The Morgan fingerprint density at radius 2 is 2.14 bits per heavy atom. The fourth-order valence-corrected chi connectivity index (χ4v) is 1.00. The molecule has 1 amide bonds. The Hall–Kier alpha value is -1.55. The second-order valence-electron chi connectivity index (χ2n) is 3.08. The van der Waals surface area contributed by atoms with E-state index in [-0.39, 0.29) is 23.8 Å². The fraction of sp³-hybridized carbons (Fsp3) is 0.300. The highest BCUT2D eigenvalue weighted by Crippen LogP contribution is 2.14. The summed E-state index contributed by atoms with van der Waals surface area (Å²) in [5.41, 5.74) is 0.216. The molecule has 0 fully saturated rings. The number of para-hydroxylation sites is 1. The minimum atomic E-state index is -0.593. The molecule has 0 aliphatic rings. The van der Waals surface area contributed by atoms with Crippen LogP contribution >= 0.6 is 0 Å². The number of phenols is 1. The predicted octanol–water partition coefficient (Wildman–Crippen LogP) is 0.503. The fourth-order valence-electron chi connectivity index (χ4n) is 1.00. The van der Waals surface area contributed by atoms with Crippen molar-refractivity contribution in [1.29, 1.82) is 0 Å². The molecule has 0 saturated heterocycles. The third kappa shape index (κ3) is 2.74. The Labute approximate surface area is 82.2 Å². The third-order valence-corrected chi connectivity index (χ3v) is 1.71. The molecule has 0 aromatic heterocycles. The standard InChI is InChI=1S/C10H13NO3/c1-7(12)6-11-10(14)8-4-2-3-5-9(8)13/h2-5,7,12-13H,6H2,1H3,(H,11,14). The van der Waals surface area contributed by atoms with Gasteiger partial charge in [0.15, 0.2) is 0 Å². The molecule has 1 unspecified atom stereocenters. The molecule has 1 aromatic carbocycles. The summed E-state index contributed by atoms with van der Waals surface area (Å²) >= 11 is 0. The second kappa shape index (κ2) is 4.62. The number of carbonyl (C=O) groups excluding carboxylic acids is 1. The zero-order valence-electron chi connectivity index (χ0n) is 7.90. The highest BCUT2D eigenvalue weighted by molar-refractivity contribution is 5.96. The van der Waals surface area contributed by atoms with Crippen LogP contribution in [0.2, 0.25) is 0 Å². The van der Waals surface area contributed by atoms with Gasteiger partial charge in [-0.1, -0.05) is 12.1 Å². The molecule has 0 radical (unpaired) electrons. The largest absolute Gasteiger partial charge is 0.507 e. The average Bonchev–Trinajstić information content (AvgIpc) is 2.15. The van der Waals surface area contributed by atoms with Gasteiger partial charge in [0.2, 0.25) is 0 Å². The van der Waals surface area contributed by atoms with Crippen molar-refractivity contribution in [2.75, 3.05) is 6.54 Å². The Morgan fingerprint density at radius 3 is 2.71 bits per heavy atom. The highest BCUT2D eigenvalue weighted by atomic mass is 16.3. The summed E-state index contributed by atoms with van der Waals surface area (Å²) in [4.78, 5) is 11.4. The summed E-state index contributed by atoms with van der Waals surface area (Å²) < 4.78 is 0. The van der Waals surface area contributed by atoms with E-state index in [0.29, 0.717) is 0 Å². The van der Waals surface area contributed by atoms with Gasteiger partial charge in [0, 0.05) is 6.54 Å². The average molecular weight is 195 g/mol. The van der Waals surface area contributed by atoms with Crippen LogP contribution in [0.1, 0.15) is 17.3 Å². The third-order valence-electron chi connectivity index (χ3n) is 1.71. The van der Waals surface area contributed by atoms with Gasteiger partial charge in [-0.05, 0) is 19.1 Å². The van der Waals surface area contributed by atoms with E-state index in [1.807, 2.05) is 0 Å². The van der Waals surface area contributed by atoms with Crippen LogP contribution in [0.3, 0.4) is 0 Å². The van der Waals surface area contributed by atoms with Crippen LogP contribution in [0.4, 0.5) is 0 Å². The van der Waals surface area contributed by atoms with E-state index in [9.17, 15) is 9.90 Å². The minimum Gasteiger partial charge on any atom is -0.507 e. The molecule has 1 atom stereocenters. The van der Waals surface area contributed by atoms with Crippen LogP contribution in [0, 0.1) is 0 Å². The van der Waals surface area contributed by atoms with Crippen molar-refractivity contribution < 1.29 is 15.0 Å². The van der Waals surface area contributed by atoms with Crippen molar-refractivity contribution >= 4 is 5.91 Å². The summed E-state index contributed by atoms with van der Waals surface area (Å²) in [5, 5.41) is 20.8. The number of hydrogen-bond donors (Lipinski definition) is 3. The molecule has 0 aliphatic carbocycles. The number of rotatable bonds is 3. The van der Waals surface area contributed by atoms with E-state index in [2.05, 4.69) is 5.32 Å². The molecule has 4 heteroatoms. The van der Waals surface area contributed by atoms with Gasteiger partial charge >= 0.3 is 0 Å². The number of hydrogen-bond acceptors (Lipinski definition) is 3. The molecule has 0 bridgehead atoms. The summed E-state index contributed by atoms with van der Waals surface area (Å²) in [6.07, 6.45) is -0.593. The lowest BCUT2D eigenvalue weighted by Crippen LogP contribution is -2.30. The summed E-state index contributed by atoms with van der Waals surface area (Å²) in [5.74, 6) is -0.445. The molecule has 1 rings (SSSR count). The Balaban J connectivity index is 2.65. The first-order chi connectivity index (χ1) is 6.61. The van der Waals surface area contributed by atoms with E-state index in [1.165, 1.54) is 12.1 Å². The van der Waals surface area contributed by atoms with Gasteiger partial charge < -0.3 is 15.5 Å². The number of nitrogens with one attached hydrogen (secondary N) is 1. The van der Waals surface area contributed by atoms with E-state index in [1.54, 1.807) is 19.1 Å². The van der Waals surface area contributed by atoms with E-state index in [0.717, 1.165) is 0 Å². The Morgan fingerprint density at radius 1 is 1.50 bits per heavy atom. The molecule has 0 saturated carbocycles. The van der Waals surface area contributed by atoms with Gasteiger partial charge in [-0.25, -0.2) is 0 Å². The molecule has 1 aromatic rings. The maximum atomic E-state index is 11.4. The molecular weight excluding hydrogens is 182 g/mol. The van der Waals surface area contributed by atoms with E-state index >= 15 is 0 Å². The van der Waals surface area contributed by atoms with Crippen molar-refractivity contribution in [3.63, 3.8) is 0 Å². The maximum absolute atomic E-state index is 11.4. The monoisotopic (exact) mass is 195 g/mol. The summed E-state index contributed by atoms with van der Waals surface area (Å²) in [6, 6.07) is 6.27. The second-order valence-corrected chi connectivity index (χ2v) is 3.08. The van der Waals surface area contributed by atoms with E-state index < -0.39 is 6.10 Å². The Bertz CT molecular complexity index is 323.